The molecule has 1 aliphatic rings. The number of carbonyl (C=O) groups excluding carboxylic acids is 1. The van der Waals surface area contributed by atoms with E-state index >= 15 is 0 Å². The first-order valence-corrected chi connectivity index (χ1v) is 10.4. The smallest absolute Gasteiger partial charge is 0.240 e. The number of benzene rings is 1. The highest BCUT2D eigenvalue weighted by Crippen LogP contribution is 2.30. The molecule has 1 saturated heterocycles. The molecule has 9 heteroatoms. The molecule has 0 unspecified atom stereocenters. The highest BCUT2D eigenvalue weighted by molar-refractivity contribution is 7.91. The molecule has 1 aromatic heterocycles. The monoisotopic (exact) mass is 385 g/mol. The predicted molar refractivity (Wildman–Crippen MR) is 96.3 cm³/mol. The van der Waals surface area contributed by atoms with Crippen molar-refractivity contribution in [2.75, 3.05) is 36.5 Å². The van der Waals surface area contributed by atoms with Gasteiger partial charge in [-0.3, -0.25) is 9.69 Å². The van der Waals surface area contributed by atoms with E-state index < -0.39 is 9.84 Å². The zero-order valence-corrected chi connectivity index (χ0v) is 15.1. The van der Waals surface area contributed by atoms with Crippen LogP contribution in [0.25, 0.3) is 11.3 Å². The van der Waals surface area contributed by atoms with Crippen LogP contribution in [0.4, 0.5) is 5.13 Å². The fourth-order valence-electron chi connectivity index (χ4n) is 2.39. The summed E-state index contributed by atoms with van der Waals surface area (Å²) >= 11 is 7.47. The van der Waals surface area contributed by atoms with Gasteiger partial charge in [-0.1, -0.05) is 29.8 Å². The number of nitrogens with one attached hydrogen (secondary N) is 1. The summed E-state index contributed by atoms with van der Waals surface area (Å²) in [6.45, 7) is 0.938. The summed E-state index contributed by atoms with van der Waals surface area (Å²) in [4.78, 5) is 18.3. The summed E-state index contributed by atoms with van der Waals surface area (Å²) in [6.07, 6.45) is 0. The summed E-state index contributed by atoms with van der Waals surface area (Å²) in [5.74, 6) is 0.0110. The molecule has 3 rings (SSSR count). The number of carbonyl (C=O) groups is 1. The molecule has 1 fully saturated rings. The Morgan fingerprint density at radius 2 is 2.00 bits per heavy atom. The van der Waals surface area contributed by atoms with Crippen LogP contribution >= 0.6 is 22.9 Å². The van der Waals surface area contributed by atoms with Gasteiger partial charge in [-0.15, -0.1) is 11.3 Å². The Kier molecular flexibility index (Phi) is 5.19. The number of amides is 1. The number of hydrogen-bond acceptors (Lipinski definition) is 6. The van der Waals surface area contributed by atoms with Crippen LogP contribution in [-0.4, -0.2) is 55.3 Å². The zero-order chi connectivity index (χ0) is 17.2. The van der Waals surface area contributed by atoms with Gasteiger partial charge in [0.1, 0.15) is 0 Å². The molecule has 0 bridgehead atoms. The number of aromatic nitrogens is 1. The Labute approximate surface area is 149 Å². The van der Waals surface area contributed by atoms with Crippen molar-refractivity contribution in [3.63, 3.8) is 0 Å². The highest BCUT2D eigenvalue weighted by Gasteiger charge is 2.23. The lowest BCUT2D eigenvalue weighted by molar-refractivity contribution is -0.117. The van der Waals surface area contributed by atoms with Gasteiger partial charge in [0.25, 0.3) is 0 Å². The van der Waals surface area contributed by atoms with Gasteiger partial charge < -0.3 is 5.32 Å². The molecule has 2 heterocycles. The number of sulfone groups is 1. The molecule has 1 aromatic carbocycles. The highest BCUT2D eigenvalue weighted by atomic mass is 35.5. The summed E-state index contributed by atoms with van der Waals surface area (Å²) in [5.41, 5.74) is 1.53. The first-order valence-electron chi connectivity index (χ1n) is 7.36. The van der Waals surface area contributed by atoms with E-state index in [-0.39, 0.29) is 24.0 Å². The lowest BCUT2D eigenvalue weighted by Crippen LogP contribution is -2.43. The molecular weight excluding hydrogens is 370 g/mol. The molecule has 0 saturated carbocycles. The summed E-state index contributed by atoms with van der Waals surface area (Å²) < 4.78 is 22.8. The Morgan fingerprint density at radius 1 is 1.29 bits per heavy atom. The average Bonchev–Trinajstić information content (AvgIpc) is 2.98. The van der Waals surface area contributed by atoms with E-state index in [0.29, 0.717) is 28.9 Å². The molecule has 2 aromatic rings. The van der Waals surface area contributed by atoms with Crippen LogP contribution in [0.2, 0.25) is 5.02 Å². The third-order valence-electron chi connectivity index (χ3n) is 3.70. The number of halogens is 1. The van der Waals surface area contributed by atoms with Crippen molar-refractivity contribution in [1.29, 1.82) is 0 Å². The van der Waals surface area contributed by atoms with E-state index in [1.165, 1.54) is 11.3 Å². The van der Waals surface area contributed by atoms with Crippen molar-refractivity contribution in [3.05, 3.63) is 34.7 Å². The van der Waals surface area contributed by atoms with Crippen LogP contribution in [0, 0.1) is 0 Å². The molecule has 0 radical (unpaired) electrons. The van der Waals surface area contributed by atoms with E-state index in [0.717, 1.165) is 5.56 Å². The van der Waals surface area contributed by atoms with Crippen LogP contribution in [-0.2, 0) is 14.6 Å². The number of nitrogens with zero attached hydrogens (tertiary/aromatic N) is 2. The second-order valence-electron chi connectivity index (χ2n) is 5.49. The lowest BCUT2D eigenvalue weighted by atomic mass is 10.2. The number of anilines is 1. The lowest BCUT2D eigenvalue weighted by Gasteiger charge is -2.25. The van der Waals surface area contributed by atoms with Crippen LogP contribution in [0.15, 0.2) is 29.6 Å². The van der Waals surface area contributed by atoms with Gasteiger partial charge in [0.2, 0.25) is 5.91 Å². The Hall–Kier alpha value is -1.48. The molecule has 6 nitrogen and oxygen atoms in total. The number of hydrogen-bond donors (Lipinski definition) is 1. The Morgan fingerprint density at radius 3 is 2.71 bits per heavy atom. The maximum atomic E-state index is 12.1. The van der Waals surface area contributed by atoms with Gasteiger partial charge in [-0.2, -0.15) is 0 Å². The van der Waals surface area contributed by atoms with Gasteiger partial charge >= 0.3 is 0 Å². The van der Waals surface area contributed by atoms with Crippen LogP contribution in [0.1, 0.15) is 0 Å². The molecule has 1 N–H and O–H groups in total. The van der Waals surface area contributed by atoms with Gasteiger partial charge in [-0.25, -0.2) is 13.4 Å². The molecule has 0 aliphatic carbocycles. The fourth-order valence-corrected chi connectivity index (χ4v) is 4.63. The number of thiazole rings is 1. The molecule has 1 aliphatic heterocycles. The third-order valence-corrected chi connectivity index (χ3v) is 6.40. The SMILES string of the molecule is O=C(CN1CCS(=O)(=O)CC1)Nc1nc(-c2ccccc2Cl)cs1. The maximum Gasteiger partial charge on any atom is 0.240 e. The second kappa shape index (κ2) is 7.18. The van der Waals surface area contributed by atoms with Gasteiger partial charge in [0.15, 0.2) is 15.0 Å². The normalized spacial score (nSPS) is 17.5. The van der Waals surface area contributed by atoms with Gasteiger partial charge in [-0.05, 0) is 6.07 Å². The molecule has 24 heavy (non-hydrogen) atoms. The number of rotatable bonds is 4. The van der Waals surface area contributed by atoms with Crippen molar-refractivity contribution in [3.8, 4) is 11.3 Å². The first kappa shape index (κ1) is 17.3. The van der Waals surface area contributed by atoms with Crippen molar-refractivity contribution in [1.82, 2.24) is 9.88 Å². The zero-order valence-electron chi connectivity index (χ0n) is 12.7. The summed E-state index contributed by atoms with van der Waals surface area (Å²) in [7, 11) is -2.94. The van der Waals surface area contributed by atoms with Crippen LogP contribution < -0.4 is 5.32 Å². The van der Waals surface area contributed by atoms with Gasteiger partial charge in [0, 0.05) is 29.1 Å². The molecule has 1 amide bonds. The minimum Gasteiger partial charge on any atom is -0.301 e. The average molecular weight is 386 g/mol. The minimum atomic E-state index is -2.94. The van der Waals surface area contributed by atoms with Crippen molar-refractivity contribution in [2.24, 2.45) is 0 Å². The molecular formula is C15H16ClN3O3S2. The quantitative estimate of drug-likeness (QED) is 0.872. The van der Waals surface area contributed by atoms with Crippen molar-refractivity contribution < 1.29 is 13.2 Å². The van der Waals surface area contributed by atoms with Crippen LogP contribution in [0.5, 0.6) is 0 Å². The van der Waals surface area contributed by atoms with Crippen molar-refractivity contribution >= 4 is 43.8 Å². The summed E-state index contributed by atoms with van der Waals surface area (Å²) in [5, 5.41) is 5.70. The molecule has 0 atom stereocenters. The largest absolute Gasteiger partial charge is 0.301 e. The standard InChI is InChI=1S/C15H16ClN3O3S2/c16-12-4-2-1-3-11(12)13-10-23-15(17-13)18-14(20)9-19-5-7-24(21,22)8-6-19/h1-4,10H,5-9H2,(H,17,18,20). The molecule has 128 valence electrons. The fraction of sp³-hybridized carbons (Fsp3) is 0.333. The van der Waals surface area contributed by atoms with Crippen LogP contribution in [0.3, 0.4) is 0 Å². The van der Waals surface area contributed by atoms with Gasteiger partial charge in [0.05, 0.1) is 23.7 Å². The Bertz CT molecular complexity index is 837. The Balaban J connectivity index is 1.59. The van der Waals surface area contributed by atoms with Crippen molar-refractivity contribution in [2.45, 2.75) is 0 Å². The minimum absolute atomic E-state index is 0.105. The van der Waals surface area contributed by atoms with E-state index in [1.807, 2.05) is 28.5 Å². The molecule has 0 spiro atoms. The topological polar surface area (TPSA) is 79.4 Å². The predicted octanol–water partition coefficient (Wildman–Crippen LogP) is 2.13. The maximum absolute atomic E-state index is 12.1. The summed E-state index contributed by atoms with van der Waals surface area (Å²) in [6, 6.07) is 7.39. The van der Waals surface area contributed by atoms with E-state index in [2.05, 4.69) is 10.3 Å². The van der Waals surface area contributed by atoms with E-state index in [4.69, 9.17) is 11.6 Å². The third kappa shape index (κ3) is 4.32. The first-order chi connectivity index (χ1) is 11.4. The second-order valence-corrected chi connectivity index (χ2v) is 9.06. The van der Waals surface area contributed by atoms with E-state index in [1.54, 1.807) is 6.07 Å². The van der Waals surface area contributed by atoms with E-state index in [9.17, 15) is 13.2 Å².